The monoisotopic (exact) mass is 285 g/mol. The molecule has 0 aliphatic carbocycles. The van der Waals surface area contributed by atoms with Crippen LogP contribution >= 0.6 is 0 Å². The third-order valence-corrected chi connectivity index (χ3v) is 3.01. The minimum atomic E-state index is -0.438. The molecule has 0 heterocycles. The Morgan fingerprint density at radius 2 is 1.95 bits per heavy atom. The van der Waals surface area contributed by atoms with Gasteiger partial charge in [-0.15, -0.1) is 0 Å². The first-order chi connectivity index (χ1) is 10.1. The van der Waals surface area contributed by atoms with Crippen molar-refractivity contribution in [3.8, 4) is 5.75 Å². The second-order valence-corrected chi connectivity index (χ2v) is 4.72. The third-order valence-electron chi connectivity index (χ3n) is 3.01. The van der Waals surface area contributed by atoms with Gasteiger partial charge in [-0.05, 0) is 31.5 Å². The van der Waals surface area contributed by atoms with E-state index in [-0.39, 0.29) is 6.61 Å². The highest BCUT2D eigenvalue weighted by molar-refractivity contribution is 5.94. The van der Waals surface area contributed by atoms with E-state index < -0.39 is 5.97 Å². The molecule has 0 saturated carbocycles. The molecular weight excluding hydrogens is 266 g/mol. The fourth-order valence-corrected chi connectivity index (χ4v) is 2.05. The summed E-state index contributed by atoms with van der Waals surface area (Å²) in [6, 6.07) is 12.9. The van der Waals surface area contributed by atoms with Gasteiger partial charge in [-0.2, -0.15) is 0 Å². The number of para-hydroxylation sites is 1. The largest absolute Gasteiger partial charge is 0.491 e. The molecule has 21 heavy (non-hydrogen) atoms. The highest BCUT2D eigenvalue weighted by Gasteiger charge is 2.16. The van der Waals surface area contributed by atoms with Gasteiger partial charge in [0.2, 0.25) is 0 Å². The zero-order chi connectivity index (χ0) is 15.2. The maximum absolute atomic E-state index is 12.2. The molecular formula is C17H19NO3. The topological polar surface area (TPSA) is 61.5 Å². The first kappa shape index (κ1) is 14.9. The van der Waals surface area contributed by atoms with Crippen LogP contribution in [0.25, 0.3) is 0 Å². The van der Waals surface area contributed by atoms with Crippen molar-refractivity contribution in [1.82, 2.24) is 0 Å². The Labute approximate surface area is 124 Å². The summed E-state index contributed by atoms with van der Waals surface area (Å²) in [5.74, 6) is -0.0542. The molecule has 0 aliphatic heterocycles. The van der Waals surface area contributed by atoms with Crippen LogP contribution in [0.4, 0.5) is 5.69 Å². The minimum absolute atomic E-state index is 0.223. The average molecular weight is 285 g/mol. The number of esters is 1. The van der Waals surface area contributed by atoms with Gasteiger partial charge >= 0.3 is 5.97 Å². The molecule has 2 aromatic carbocycles. The number of ether oxygens (including phenoxy) is 2. The molecule has 2 rings (SSSR count). The highest BCUT2D eigenvalue weighted by atomic mass is 16.5. The summed E-state index contributed by atoms with van der Waals surface area (Å²) in [7, 11) is 0. The number of anilines is 1. The van der Waals surface area contributed by atoms with Crippen molar-refractivity contribution in [2.75, 3.05) is 12.3 Å². The first-order valence-electron chi connectivity index (χ1n) is 6.85. The molecule has 0 atom stereocenters. The Hall–Kier alpha value is -2.49. The van der Waals surface area contributed by atoms with E-state index in [2.05, 4.69) is 0 Å². The Kier molecular flexibility index (Phi) is 4.82. The molecule has 0 bridgehead atoms. The van der Waals surface area contributed by atoms with E-state index in [0.29, 0.717) is 23.6 Å². The van der Waals surface area contributed by atoms with E-state index in [1.54, 1.807) is 18.2 Å². The Morgan fingerprint density at radius 1 is 1.19 bits per heavy atom. The number of benzene rings is 2. The van der Waals surface area contributed by atoms with Crippen LogP contribution in [-0.4, -0.2) is 12.6 Å². The fourth-order valence-electron chi connectivity index (χ4n) is 2.05. The molecule has 0 spiro atoms. The van der Waals surface area contributed by atoms with Gasteiger partial charge < -0.3 is 15.2 Å². The van der Waals surface area contributed by atoms with Gasteiger partial charge in [0.05, 0.1) is 12.3 Å². The lowest BCUT2D eigenvalue weighted by Gasteiger charge is -2.12. The lowest BCUT2D eigenvalue weighted by Crippen LogP contribution is -2.09. The first-order valence-corrected chi connectivity index (χ1v) is 6.85. The fraction of sp³-hybridized carbons (Fsp3) is 0.235. The smallest absolute Gasteiger partial charge is 0.342 e. The van der Waals surface area contributed by atoms with Crippen molar-refractivity contribution < 1.29 is 14.3 Å². The summed E-state index contributed by atoms with van der Waals surface area (Å²) in [5, 5.41) is 0. The van der Waals surface area contributed by atoms with E-state index in [4.69, 9.17) is 15.2 Å². The van der Waals surface area contributed by atoms with Gasteiger partial charge in [-0.3, -0.25) is 0 Å². The van der Waals surface area contributed by atoms with Crippen LogP contribution in [0.2, 0.25) is 0 Å². The lowest BCUT2D eigenvalue weighted by molar-refractivity contribution is 0.0468. The van der Waals surface area contributed by atoms with Crippen molar-refractivity contribution >= 4 is 11.7 Å². The zero-order valence-electron chi connectivity index (χ0n) is 12.3. The third kappa shape index (κ3) is 3.75. The van der Waals surface area contributed by atoms with Gasteiger partial charge in [0.15, 0.2) is 5.75 Å². The summed E-state index contributed by atoms with van der Waals surface area (Å²) >= 11 is 0. The molecule has 4 nitrogen and oxygen atoms in total. The number of carbonyl (C=O) groups excluding carboxylic acids is 1. The predicted octanol–water partition coefficient (Wildman–Crippen LogP) is 3.33. The second kappa shape index (κ2) is 6.79. The number of aryl methyl sites for hydroxylation is 1. The van der Waals surface area contributed by atoms with Crippen molar-refractivity contribution in [3.63, 3.8) is 0 Å². The van der Waals surface area contributed by atoms with Crippen LogP contribution in [0.15, 0.2) is 42.5 Å². The maximum atomic E-state index is 12.2. The Bertz CT molecular complexity index is 638. The van der Waals surface area contributed by atoms with Crippen molar-refractivity contribution in [2.45, 2.75) is 20.5 Å². The van der Waals surface area contributed by atoms with Gasteiger partial charge in [0.25, 0.3) is 0 Å². The normalized spacial score (nSPS) is 10.2. The number of hydrogen-bond donors (Lipinski definition) is 1. The molecule has 0 saturated heterocycles. The predicted molar refractivity (Wildman–Crippen MR) is 82.3 cm³/mol. The maximum Gasteiger partial charge on any atom is 0.342 e. The van der Waals surface area contributed by atoms with Gasteiger partial charge in [-0.25, -0.2) is 4.79 Å². The SMILES string of the molecule is CCOc1c(N)cccc1C(=O)OCc1cccc(C)c1. The standard InChI is InChI=1S/C17H19NO3/c1-3-20-16-14(8-5-9-15(16)18)17(19)21-11-13-7-4-6-12(2)10-13/h4-10H,3,11,18H2,1-2H3. The number of nitrogens with two attached hydrogens (primary N) is 1. The summed E-state index contributed by atoms with van der Waals surface area (Å²) in [6.45, 7) is 4.50. The number of rotatable bonds is 5. The molecule has 0 aromatic heterocycles. The van der Waals surface area contributed by atoms with Crippen molar-refractivity contribution in [2.24, 2.45) is 0 Å². The molecule has 0 fully saturated rings. The Balaban J connectivity index is 2.12. The van der Waals surface area contributed by atoms with Crippen LogP contribution in [0.1, 0.15) is 28.4 Å². The van der Waals surface area contributed by atoms with Crippen molar-refractivity contribution in [3.05, 3.63) is 59.2 Å². The lowest BCUT2D eigenvalue weighted by atomic mass is 10.1. The van der Waals surface area contributed by atoms with E-state index in [9.17, 15) is 4.79 Å². The van der Waals surface area contributed by atoms with Crippen LogP contribution < -0.4 is 10.5 Å². The molecule has 4 heteroatoms. The van der Waals surface area contributed by atoms with E-state index in [0.717, 1.165) is 11.1 Å². The summed E-state index contributed by atoms with van der Waals surface area (Å²) in [6.07, 6.45) is 0. The van der Waals surface area contributed by atoms with Crippen LogP contribution in [0.5, 0.6) is 5.75 Å². The molecule has 2 aromatic rings. The molecule has 0 radical (unpaired) electrons. The minimum Gasteiger partial charge on any atom is -0.491 e. The molecule has 0 aliphatic rings. The second-order valence-electron chi connectivity index (χ2n) is 4.72. The average Bonchev–Trinajstić information content (AvgIpc) is 2.47. The molecule has 2 N–H and O–H groups in total. The summed E-state index contributed by atoms with van der Waals surface area (Å²) in [4.78, 5) is 12.2. The van der Waals surface area contributed by atoms with Crippen molar-refractivity contribution in [1.29, 1.82) is 0 Å². The summed E-state index contributed by atoms with van der Waals surface area (Å²) in [5.41, 5.74) is 8.70. The van der Waals surface area contributed by atoms with Crippen LogP contribution in [-0.2, 0) is 11.3 Å². The van der Waals surface area contributed by atoms with Gasteiger partial charge in [0, 0.05) is 0 Å². The van der Waals surface area contributed by atoms with E-state index >= 15 is 0 Å². The number of hydrogen-bond acceptors (Lipinski definition) is 4. The zero-order valence-corrected chi connectivity index (χ0v) is 12.3. The summed E-state index contributed by atoms with van der Waals surface area (Å²) < 4.78 is 10.8. The number of carbonyl (C=O) groups is 1. The molecule has 110 valence electrons. The molecule has 0 amide bonds. The quantitative estimate of drug-likeness (QED) is 0.676. The van der Waals surface area contributed by atoms with E-state index in [1.807, 2.05) is 38.1 Å². The van der Waals surface area contributed by atoms with Crippen LogP contribution in [0, 0.1) is 6.92 Å². The van der Waals surface area contributed by atoms with E-state index in [1.165, 1.54) is 0 Å². The van der Waals surface area contributed by atoms with Crippen LogP contribution in [0.3, 0.4) is 0 Å². The van der Waals surface area contributed by atoms with Gasteiger partial charge in [0.1, 0.15) is 12.2 Å². The highest BCUT2D eigenvalue weighted by Crippen LogP contribution is 2.27. The van der Waals surface area contributed by atoms with Gasteiger partial charge in [-0.1, -0.05) is 35.9 Å². The number of nitrogen functional groups attached to an aromatic ring is 1. The Morgan fingerprint density at radius 3 is 2.67 bits per heavy atom. The molecule has 0 unspecified atom stereocenters.